The van der Waals surface area contributed by atoms with Crippen LogP contribution in [0.1, 0.15) is 6.42 Å². The number of hydrogen-bond acceptors (Lipinski definition) is 1. The minimum absolute atomic E-state index is 0. The molecule has 1 nitrogen and oxygen atoms in total. The van der Waals surface area contributed by atoms with Crippen molar-refractivity contribution in [2.45, 2.75) is 10.2 Å². The Labute approximate surface area is 77.5 Å². The Kier molecular flexibility index (Phi) is 7.60. The van der Waals surface area contributed by atoms with Crippen LogP contribution in [-0.4, -0.2) is 10.1 Å². The fraction of sp³-hybridized carbons (Fsp3) is 0.667. The minimum Gasteiger partial charge on any atom is -0.303 e. The van der Waals surface area contributed by atoms with E-state index in [1.54, 1.807) is 0 Å². The fourth-order valence-electron chi connectivity index (χ4n) is 0.0945. The van der Waals surface area contributed by atoms with Gasteiger partial charge in [-0.15, -0.1) is 0 Å². The first-order valence-corrected chi connectivity index (χ1v) is 2.70. The second-order valence-electron chi connectivity index (χ2n) is 0.986. The first kappa shape index (κ1) is 12.0. The van der Waals surface area contributed by atoms with Gasteiger partial charge >= 0.3 is 0 Å². The van der Waals surface area contributed by atoms with E-state index < -0.39 is 3.79 Å². The molecule has 0 aliphatic heterocycles. The summed E-state index contributed by atoms with van der Waals surface area (Å²) in [6.45, 7) is 0. The van der Waals surface area contributed by atoms with E-state index in [9.17, 15) is 4.79 Å². The van der Waals surface area contributed by atoms with Crippen LogP contribution >= 0.6 is 34.8 Å². The van der Waals surface area contributed by atoms with Gasteiger partial charge in [0.1, 0.15) is 6.29 Å². The maximum Gasteiger partial charge on any atom is 0.197 e. The van der Waals surface area contributed by atoms with Crippen molar-refractivity contribution in [1.29, 1.82) is 0 Å². The van der Waals surface area contributed by atoms with E-state index in [1.165, 1.54) is 0 Å². The van der Waals surface area contributed by atoms with E-state index in [1.807, 2.05) is 0 Å². The van der Waals surface area contributed by atoms with Crippen molar-refractivity contribution in [1.82, 2.24) is 0 Å². The van der Waals surface area contributed by atoms with E-state index in [0.717, 1.165) is 0 Å². The van der Waals surface area contributed by atoms with E-state index in [4.69, 9.17) is 34.8 Å². The molecule has 0 saturated heterocycles. The number of alkyl halides is 3. The number of hydrogen-bond donors (Lipinski definition) is 0. The van der Waals surface area contributed by atoms with Crippen molar-refractivity contribution in [3.05, 3.63) is 0 Å². The third-order valence-corrected chi connectivity index (χ3v) is 0.778. The summed E-state index contributed by atoms with van der Waals surface area (Å²) in [4.78, 5) is 9.57. The Morgan fingerprint density at radius 2 is 1.75 bits per heavy atom. The first-order chi connectivity index (χ1) is 3.06. The summed E-state index contributed by atoms with van der Waals surface area (Å²) in [5, 5.41) is 0. The van der Waals surface area contributed by atoms with Crippen LogP contribution < -0.4 is 0 Å². The molecule has 0 aromatic heterocycles. The Bertz CT molecular complexity index is 69.4. The maximum atomic E-state index is 9.57. The molecule has 0 N–H and O–H groups in total. The molecule has 0 atom stereocenters. The van der Waals surface area contributed by atoms with Gasteiger partial charge in [0, 0.05) is 21.7 Å². The zero-order chi connectivity index (χ0) is 5.91. The number of rotatable bonds is 1. The Hall–Kier alpha value is 1.25. The van der Waals surface area contributed by atoms with E-state index in [2.05, 4.69) is 0 Å². The second-order valence-corrected chi connectivity index (χ2v) is 3.50. The van der Waals surface area contributed by atoms with Gasteiger partial charge in [0.2, 0.25) is 0 Å². The molecule has 5 heteroatoms. The molecule has 0 aliphatic carbocycles. The summed E-state index contributed by atoms with van der Waals surface area (Å²) in [6, 6.07) is 0. The monoisotopic (exact) mass is 208 g/mol. The van der Waals surface area contributed by atoms with Crippen molar-refractivity contribution in [3.8, 4) is 0 Å². The molecule has 0 aromatic carbocycles. The second kappa shape index (κ2) is 5.07. The average Bonchev–Trinajstić information content (AvgIpc) is 1.30. The van der Waals surface area contributed by atoms with Gasteiger partial charge in [-0.1, -0.05) is 34.8 Å². The van der Waals surface area contributed by atoms with Gasteiger partial charge in [0.15, 0.2) is 3.79 Å². The van der Waals surface area contributed by atoms with Gasteiger partial charge in [0.05, 0.1) is 6.42 Å². The molecule has 0 heterocycles. The normalized spacial score (nSPS) is 9.88. The third kappa shape index (κ3) is 10.3. The van der Waals surface area contributed by atoms with Crippen LogP contribution in [0.4, 0.5) is 0 Å². The molecule has 46 valence electrons. The average molecular weight is 209 g/mol. The standard InChI is InChI=1S/C3H3Cl3O.Ti/c4-3(5,6)1-2-7;/h2H,1H2;. The van der Waals surface area contributed by atoms with Gasteiger partial charge in [-0.25, -0.2) is 0 Å². The molecular weight excluding hydrogens is 206 g/mol. The van der Waals surface area contributed by atoms with Crippen LogP contribution in [-0.2, 0) is 26.5 Å². The summed E-state index contributed by atoms with van der Waals surface area (Å²) in [6.07, 6.45) is 0.519. The summed E-state index contributed by atoms with van der Waals surface area (Å²) < 4.78 is -1.40. The smallest absolute Gasteiger partial charge is 0.197 e. The quantitative estimate of drug-likeness (QED) is 0.366. The molecule has 0 amide bonds. The molecule has 0 fully saturated rings. The zero-order valence-corrected chi connectivity index (χ0v) is 7.66. The molecule has 0 saturated carbocycles. The van der Waals surface area contributed by atoms with Crippen molar-refractivity contribution in [2.75, 3.05) is 0 Å². The van der Waals surface area contributed by atoms with E-state index in [0.29, 0.717) is 6.29 Å². The van der Waals surface area contributed by atoms with Gasteiger partial charge < -0.3 is 4.79 Å². The summed E-state index contributed by atoms with van der Waals surface area (Å²) >= 11 is 15.4. The number of halogens is 3. The van der Waals surface area contributed by atoms with Crippen molar-refractivity contribution in [2.24, 2.45) is 0 Å². The molecular formula is C3H3Cl3OTi. The Morgan fingerprint density at radius 1 is 1.38 bits per heavy atom. The van der Waals surface area contributed by atoms with Crippen LogP contribution in [0.2, 0.25) is 0 Å². The number of carbonyl (C=O) groups excluding carboxylic acids is 1. The van der Waals surface area contributed by atoms with Crippen molar-refractivity contribution >= 4 is 41.1 Å². The Morgan fingerprint density at radius 3 is 1.75 bits per heavy atom. The summed E-state index contributed by atoms with van der Waals surface area (Å²) in [5.74, 6) is 0. The fourth-order valence-corrected chi connectivity index (χ4v) is 0.283. The predicted molar refractivity (Wildman–Crippen MR) is 31.0 cm³/mol. The molecule has 8 heavy (non-hydrogen) atoms. The Balaban J connectivity index is 0. The van der Waals surface area contributed by atoms with Gasteiger partial charge in [-0.2, -0.15) is 0 Å². The molecule has 0 spiro atoms. The van der Waals surface area contributed by atoms with E-state index >= 15 is 0 Å². The SMILES string of the molecule is O=CCC(Cl)(Cl)Cl.[Ti]. The number of aldehydes is 1. The summed E-state index contributed by atoms with van der Waals surface area (Å²) in [5.41, 5.74) is 0. The van der Waals surface area contributed by atoms with Crippen LogP contribution in [0.25, 0.3) is 0 Å². The van der Waals surface area contributed by atoms with Crippen LogP contribution in [0.3, 0.4) is 0 Å². The maximum absolute atomic E-state index is 9.57. The molecule has 0 rings (SSSR count). The molecule has 0 bridgehead atoms. The van der Waals surface area contributed by atoms with Crippen molar-refractivity contribution in [3.63, 3.8) is 0 Å². The topological polar surface area (TPSA) is 17.1 Å². The van der Waals surface area contributed by atoms with Crippen molar-refractivity contribution < 1.29 is 26.5 Å². The van der Waals surface area contributed by atoms with Crippen LogP contribution in [0.15, 0.2) is 0 Å². The zero-order valence-electron chi connectivity index (χ0n) is 3.83. The first-order valence-electron chi connectivity index (χ1n) is 1.56. The minimum atomic E-state index is -1.40. The van der Waals surface area contributed by atoms with Gasteiger partial charge in [-0.3, -0.25) is 0 Å². The molecule has 0 radical (unpaired) electrons. The van der Waals surface area contributed by atoms with Gasteiger partial charge in [0.25, 0.3) is 0 Å². The van der Waals surface area contributed by atoms with Gasteiger partial charge in [-0.05, 0) is 0 Å². The molecule has 0 aliphatic rings. The summed E-state index contributed by atoms with van der Waals surface area (Å²) in [7, 11) is 0. The van der Waals surface area contributed by atoms with E-state index in [-0.39, 0.29) is 28.1 Å². The van der Waals surface area contributed by atoms with Crippen LogP contribution in [0.5, 0.6) is 0 Å². The van der Waals surface area contributed by atoms with Crippen LogP contribution in [0, 0.1) is 0 Å². The molecule has 0 unspecified atom stereocenters. The largest absolute Gasteiger partial charge is 0.303 e. The predicted octanol–water partition coefficient (Wildman–Crippen LogP) is 1.94. The number of carbonyl (C=O) groups is 1. The third-order valence-electron chi connectivity index (χ3n) is 0.315. The molecule has 0 aromatic rings.